The molecule has 2 N–H and O–H groups in total. The smallest absolute Gasteiger partial charge is 0.352 e. The first-order valence-corrected chi connectivity index (χ1v) is 16.0. The van der Waals surface area contributed by atoms with Crippen molar-refractivity contribution in [1.82, 2.24) is 15.0 Å². The average molecular weight is 620 g/mol. The zero-order valence-electron chi connectivity index (χ0n) is 23.4. The van der Waals surface area contributed by atoms with Gasteiger partial charge in [0.2, 0.25) is 5.13 Å². The molecule has 1 fully saturated rings. The van der Waals surface area contributed by atoms with E-state index in [0.717, 1.165) is 66.8 Å². The number of nitrogens with zero attached hydrogens (tertiary/aromatic N) is 6. The summed E-state index contributed by atoms with van der Waals surface area (Å²) in [4.78, 5) is 41.7. The molecule has 10 nitrogen and oxygen atoms in total. The van der Waals surface area contributed by atoms with E-state index >= 15 is 0 Å². The van der Waals surface area contributed by atoms with Crippen LogP contribution in [0.1, 0.15) is 39.3 Å². The summed E-state index contributed by atoms with van der Waals surface area (Å²) in [6.45, 7) is 2.53. The molecule has 0 radical (unpaired) electrons. The van der Waals surface area contributed by atoms with Crippen molar-refractivity contribution in [2.75, 3.05) is 29.4 Å². The molecule has 3 aromatic heterocycles. The van der Waals surface area contributed by atoms with Gasteiger partial charge in [-0.25, -0.2) is 14.8 Å². The van der Waals surface area contributed by atoms with Crippen molar-refractivity contribution in [3.05, 3.63) is 83.6 Å². The summed E-state index contributed by atoms with van der Waals surface area (Å²) in [5.41, 5.74) is 5.81. The Kier molecular flexibility index (Phi) is 6.46. The Bertz CT molecular complexity index is 2110. The van der Waals surface area contributed by atoms with Crippen LogP contribution >= 0.6 is 22.7 Å². The van der Waals surface area contributed by atoms with Crippen LogP contribution in [0.2, 0.25) is 0 Å². The Morgan fingerprint density at radius 1 is 0.909 bits per heavy atom. The van der Waals surface area contributed by atoms with Gasteiger partial charge in [0, 0.05) is 47.4 Å². The highest BCUT2D eigenvalue weighted by molar-refractivity contribution is 7.22. The number of hydrogen-bond donors (Lipinski definition) is 2. The van der Waals surface area contributed by atoms with E-state index < -0.39 is 5.97 Å². The maximum absolute atomic E-state index is 13.7. The molecule has 218 valence electrons. The van der Waals surface area contributed by atoms with Crippen molar-refractivity contribution in [2.24, 2.45) is 10.2 Å². The van der Waals surface area contributed by atoms with Gasteiger partial charge in [0.15, 0.2) is 10.1 Å². The Morgan fingerprint density at radius 2 is 1.75 bits per heavy atom. The van der Waals surface area contributed by atoms with E-state index in [1.165, 1.54) is 24.2 Å². The molecule has 44 heavy (non-hydrogen) atoms. The highest BCUT2D eigenvalue weighted by Gasteiger charge is 2.28. The number of H-pyrrole nitrogens is 1. The molecule has 0 spiro atoms. The molecule has 6 aromatic rings. The highest BCUT2D eigenvalue weighted by atomic mass is 32.1. The van der Waals surface area contributed by atoms with E-state index in [1.807, 2.05) is 54.6 Å². The third-order valence-electron chi connectivity index (χ3n) is 8.11. The molecule has 12 heteroatoms. The number of carbonyl (C=O) groups is 2. The maximum atomic E-state index is 13.7. The van der Waals surface area contributed by atoms with Crippen molar-refractivity contribution in [1.29, 1.82) is 0 Å². The number of thiazole rings is 2. The predicted molar refractivity (Wildman–Crippen MR) is 173 cm³/mol. The van der Waals surface area contributed by atoms with Gasteiger partial charge in [0.25, 0.3) is 5.91 Å². The van der Waals surface area contributed by atoms with Crippen LogP contribution in [0.4, 0.5) is 21.0 Å². The zero-order chi connectivity index (χ0) is 29.8. The summed E-state index contributed by atoms with van der Waals surface area (Å²) < 4.78 is 0.849. The monoisotopic (exact) mass is 619 g/mol. The molecular formula is C32H25N7O3S2. The number of carboxylic acids is 1. The molecule has 1 saturated heterocycles. The maximum Gasteiger partial charge on any atom is 0.352 e. The minimum atomic E-state index is -1.01. The van der Waals surface area contributed by atoms with E-state index in [0.29, 0.717) is 23.7 Å². The lowest BCUT2D eigenvalue weighted by Gasteiger charge is -2.17. The summed E-state index contributed by atoms with van der Waals surface area (Å²) in [6, 6.07) is 20.9. The summed E-state index contributed by atoms with van der Waals surface area (Å²) in [5.74, 6) is -1.12. The van der Waals surface area contributed by atoms with E-state index in [9.17, 15) is 14.7 Å². The lowest BCUT2D eigenvalue weighted by Crippen LogP contribution is -2.28. The van der Waals surface area contributed by atoms with Gasteiger partial charge in [0.05, 0.1) is 10.2 Å². The molecule has 3 aromatic carbocycles. The standard InChI is InChI=1S/C32H25N7O3S2/c40-29(39-15-12-20-21-17-24(30(41)42)33-22(21)10-11-25(20)39)19-8-9-23-26(16-19)43-31(34-23)37-36-28-27(18-6-2-1-3-7-18)35-32(44-28)38-13-4-5-14-38/h1-3,6-11,16-17,33H,4-5,12-15H2,(H,41,42). The van der Waals surface area contributed by atoms with Crippen LogP contribution in [0.3, 0.4) is 0 Å². The number of rotatable bonds is 6. The molecule has 5 heterocycles. The van der Waals surface area contributed by atoms with E-state index in [-0.39, 0.29) is 11.6 Å². The van der Waals surface area contributed by atoms with E-state index in [1.54, 1.807) is 28.4 Å². The fourth-order valence-electron chi connectivity index (χ4n) is 5.97. The number of anilines is 2. The number of fused-ring (bicyclic) bond motifs is 4. The number of aromatic carboxylic acids is 1. The molecule has 8 rings (SSSR count). The second kappa shape index (κ2) is 10.6. The fourth-order valence-corrected chi connectivity index (χ4v) is 7.76. The van der Waals surface area contributed by atoms with Crippen LogP contribution in [0.15, 0.2) is 77.0 Å². The number of carbonyl (C=O) groups excluding carboxylic acids is 1. The van der Waals surface area contributed by atoms with Gasteiger partial charge in [-0.15, -0.1) is 10.2 Å². The van der Waals surface area contributed by atoms with Gasteiger partial charge >= 0.3 is 5.97 Å². The van der Waals surface area contributed by atoms with Crippen molar-refractivity contribution in [2.45, 2.75) is 19.3 Å². The lowest BCUT2D eigenvalue weighted by molar-refractivity contribution is 0.0691. The van der Waals surface area contributed by atoms with Crippen LogP contribution in [0.25, 0.3) is 32.4 Å². The lowest BCUT2D eigenvalue weighted by atomic mass is 10.1. The topological polar surface area (TPSA) is 127 Å². The number of hydrogen-bond acceptors (Lipinski definition) is 9. The van der Waals surface area contributed by atoms with Crippen LogP contribution in [-0.4, -0.2) is 51.6 Å². The van der Waals surface area contributed by atoms with Gasteiger partial charge < -0.3 is 19.9 Å². The first kappa shape index (κ1) is 26.7. The second-order valence-corrected chi connectivity index (χ2v) is 12.8. The van der Waals surface area contributed by atoms with Crippen molar-refractivity contribution >= 4 is 76.6 Å². The van der Waals surface area contributed by atoms with Crippen molar-refractivity contribution in [3.63, 3.8) is 0 Å². The molecule has 0 atom stereocenters. The fraction of sp³-hybridized carbons (Fsp3) is 0.188. The van der Waals surface area contributed by atoms with Gasteiger partial charge in [0.1, 0.15) is 11.4 Å². The predicted octanol–water partition coefficient (Wildman–Crippen LogP) is 7.82. The number of nitrogens with one attached hydrogen (secondary N) is 1. The van der Waals surface area contributed by atoms with Crippen LogP contribution in [0.5, 0.6) is 0 Å². The summed E-state index contributed by atoms with van der Waals surface area (Å²) in [6.07, 6.45) is 2.99. The largest absolute Gasteiger partial charge is 0.477 e. The Labute approximate surface area is 259 Å². The number of aromatic nitrogens is 3. The minimum Gasteiger partial charge on any atom is -0.477 e. The molecular weight excluding hydrogens is 595 g/mol. The first-order chi connectivity index (χ1) is 21.5. The van der Waals surface area contributed by atoms with Gasteiger partial charge in [-0.05, 0) is 61.2 Å². The molecule has 0 aliphatic carbocycles. The van der Waals surface area contributed by atoms with E-state index in [4.69, 9.17) is 4.98 Å². The molecule has 0 saturated carbocycles. The number of aromatic amines is 1. The molecule has 2 aliphatic rings. The first-order valence-electron chi connectivity index (χ1n) is 14.3. The third kappa shape index (κ3) is 4.63. The van der Waals surface area contributed by atoms with Gasteiger partial charge in [-0.1, -0.05) is 53.0 Å². The minimum absolute atomic E-state index is 0.109. The Hall–Kier alpha value is -4.94. The van der Waals surface area contributed by atoms with E-state index in [2.05, 4.69) is 25.1 Å². The number of azo groups is 1. The number of amides is 1. The quantitative estimate of drug-likeness (QED) is 0.183. The molecule has 0 unspecified atom stereocenters. The SMILES string of the molecule is O=C(O)c1cc2c3c(ccc2[nH]1)N(C(=O)c1ccc2nc(N=Nc4sc(N5CCCC5)nc4-c4ccccc4)sc2c1)CC3. The second-order valence-electron chi connectivity index (χ2n) is 10.8. The average Bonchev–Trinajstić information content (AvgIpc) is 3.87. The van der Waals surface area contributed by atoms with Gasteiger partial charge in [-0.3, -0.25) is 4.79 Å². The van der Waals surface area contributed by atoms with Crippen molar-refractivity contribution < 1.29 is 14.7 Å². The highest BCUT2D eigenvalue weighted by Crippen LogP contribution is 2.42. The molecule has 2 aliphatic heterocycles. The molecule has 1 amide bonds. The summed E-state index contributed by atoms with van der Waals surface area (Å²) >= 11 is 2.94. The van der Waals surface area contributed by atoms with Gasteiger partial charge in [-0.2, -0.15) is 0 Å². The van der Waals surface area contributed by atoms with Crippen molar-refractivity contribution in [3.8, 4) is 11.3 Å². The summed E-state index contributed by atoms with van der Waals surface area (Å²) in [7, 11) is 0. The number of benzene rings is 3. The summed E-state index contributed by atoms with van der Waals surface area (Å²) in [5, 5.41) is 21.6. The van der Waals surface area contributed by atoms with Crippen LogP contribution in [0, 0.1) is 0 Å². The zero-order valence-corrected chi connectivity index (χ0v) is 25.0. The third-order valence-corrected chi connectivity index (χ3v) is 10.0. The Morgan fingerprint density at radius 3 is 2.57 bits per heavy atom. The normalized spacial score (nSPS) is 14.8. The Balaban J connectivity index is 1.07. The van der Waals surface area contributed by atoms with Crippen LogP contribution < -0.4 is 9.80 Å². The number of carboxylic acid groups (broad SMARTS) is 1. The molecule has 0 bridgehead atoms. The van der Waals surface area contributed by atoms with Crippen LogP contribution in [-0.2, 0) is 6.42 Å².